The fraction of sp³-hybridized carbons (Fsp3) is 0.304. The van der Waals surface area contributed by atoms with Crippen LogP contribution < -0.4 is 4.57 Å². The van der Waals surface area contributed by atoms with Gasteiger partial charge in [0.05, 0.1) is 5.56 Å². The molecule has 1 aromatic heterocycles. The number of benzene rings is 1. The molecule has 0 aliphatic rings. The summed E-state index contributed by atoms with van der Waals surface area (Å²) in [5.74, 6) is -0.280. The van der Waals surface area contributed by atoms with Crippen molar-refractivity contribution in [3.63, 3.8) is 0 Å². The maximum atomic E-state index is 12.1. The summed E-state index contributed by atoms with van der Waals surface area (Å²) in [5.41, 5.74) is 4.30. The molecular weight excluding hydrogens is 322 g/mol. The molecule has 0 bridgehead atoms. The molecule has 1 heterocycles. The van der Waals surface area contributed by atoms with Gasteiger partial charge in [-0.3, -0.25) is 0 Å². The first-order chi connectivity index (χ1) is 12.5. The van der Waals surface area contributed by atoms with Crippen LogP contribution in [0.5, 0.6) is 0 Å². The van der Waals surface area contributed by atoms with Crippen molar-refractivity contribution < 1.29 is 14.1 Å². The van der Waals surface area contributed by atoms with Crippen LogP contribution in [-0.4, -0.2) is 12.6 Å². The highest BCUT2D eigenvalue weighted by molar-refractivity contribution is 5.89. The van der Waals surface area contributed by atoms with Crippen LogP contribution in [0.15, 0.2) is 78.2 Å². The minimum Gasteiger partial charge on any atom is -0.458 e. The van der Waals surface area contributed by atoms with Gasteiger partial charge in [-0.05, 0) is 51.8 Å². The van der Waals surface area contributed by atoms with E-state index < -0.39 is 0 Å². The minimum absolute atomic E-state index is 0.280. The highest BCUT2D eigenvalue weighted by Crippen LogP contribution is 2.08. The van der Waals surface area contributed by atoms with Crippen molar-refractivity contribution in [2.24, 2.45) is 0 Å². The smallest absolute Gasteiger partial charge is 0.338 e. The van der Waals surface area contributed by atoms with Gasteiger partial charge in [-0.25, -0.2) is 9.36 Å². The van der Waals surface area contributed by atoms with E-state index in [4.69, 9.17) is 4.74 Å². The first-order valence-corrected chi connectivity index (χ1v) is 9.04. The van der Waals surface area contributed by atoms with Gasteiger partial charge in [0.15, 0.2) is 18.9 Å². The molecule has 2 aromatic rings. The average Bonchev–Trinajstić information content (AvgIpc) is 2.63. The van der Waals surface area contributed by atoms with Crippen LogP contribution in [-0.2, 0) is 11.3 Å². The third-order valence-corrected chi connectivity index (χ3v) is 4.07. The van der Waals surface area contributed by atoms with Crippen molar-refractivity contribution in [2.45, 2.75) is 40.2 Å². The van der Waals surface area contributed by atoms with E-state index in [9.17, 15) is 4.79 Å². The Morgan fingerprint density at radius 2 is 1.69 bits per heavy atom. The zero-order valence-electron chi connectivity index (χ0n) is 15.9. The molecule has 0 unspecified atom stereocenters. The molecule has 3 heteroatoms. The van der Waals surface area contributed by atoms with E-state index in [2.05, 4.69) is 31.4 Å². The van der Waals surface area contributed by atoms with E-state index in [0.29, 0.717) is 12.2 Å². The third-order valence-electron chi connectivity index (χ3n) is 4.07. The Morgan fingerprint density at radius 1 is 1.00 bits per heavy atom. The standard InChI is InChI=1S/C23H28NO2/c1-19(2)8-7-9-20(3)14-17-26-23(25)22-12-10-21(11-13-22)18-24-15-5-4-6-16-24/h4-6,8,10-16H,7,9,17-18H2,1-3H3/q+1/b20-14+. The molecule has 0 fully saturated rings. The number of hydrogen-bond donors (Lipinski definition) is 0. The second kappa shape index (κ2) is 10.3. The maximum Gasteiger partial charge on any atom is 0.338 e. The molecule has 1 aromatic carbocycles. The number of pyridine rings is 1. The number of carbonyl (C=O) groups is 1. The highest BCUT2D eigenvalue weighted by atomic mass is 16.5. The van der Waals surface area contributed by atoms with E-state index in [0.717, 1.165) is 24.9 Å². The van der Waals surface area contributed by atoms with E-state index in [1.807, 2.05) is 60.9 Å². The monoisotopic (exact) mass is 350 g/mol. The highest BCUT2D eigenvalue weighted by Gasteiger charge is 2.07. The summed E-state index contributed by atoms with van der Waals surface area (Å²) in [5, 5.41) is 0. The van der Waals surface area contributed by atoms with Gasteiger partial charge in [-0.15, -0.1) is 0 Å². The molecule has 0 aliphatic heterocycles. The van der Waals surface area contributed by atoms with Crippen LogP contribution in [0, 0.1) is 0 Å². The number of rotatable bonds is 8. The maximum absolute atomic E-state index is 12.1. The van der Waals surface area contributed by atoms with Crippen molar-refractivity contribution in [3.05, 3.63) is 89.3 Å². The van der Waals surface area contributed by atoms with E-state index in [1.165, 1.54) is 11.1 Å². The first-order valence-electron chi connectivity index (χ1n) is 9.04. The molecule has 0 saturated carbocycles. The SMILES string of the molecule is CC(C)=CCC/C(C)=C/COC(=O)c1ccc(C[n+]2ccccc2)cc1. The summed E-state index contributed by atoms with van der Waals surface area (Å²) < 4.78 is 7.44. The van der Waals surface area contributed by atoms with Crippen molar-refractivity contribution in [2.75, 3.05) is 6.61 Å². The number of nitrogens with zero attached hydrogens (tertiary/aromatic N) is 1. The number of ether oxygens (including phenoxy) is 1. The lowest BCUT2D eigenvalue weighted by Crippen LogP contribution is -2.32. The lowest BCUT2D eigenvalue weighted by molar-refractivity contribution is -0.688. The van der Waals surface area contributed by atoms with E-state index in [1.54, 1.807) is 0 Å². The Kier molecular flexibility index (Phi) is 7.81. The van der Waals surface area contributed by atoms with E-state index in [-0.39, 0.29) is 5.97 Å². The van der Waals surface area contributed by atoms with Crippen LogP contribution in [0.3, 0.4) is 0 Å². The topological polar surface area (TPSA) is 30.2 Å². The van der Waals surface area contributed by atoms with E-state index >= 15 is 0 Å². The summed E-state index contributed by atoms with van der Waals surface area (Å²) in [6.45, 7) is 7.38. The molecule has 26 heavy (non-hydrogen) atoms. The number of allylic oxidation sites excluding steroid dienone is 3. The summed E-state index contributed by atoms with van der Waals surface area (Å²) >= 11 is 0. The Morgan fingerprint density at radius 3 is 2.35 bits per heavy atom. The second-order valence-corrected chi connectivity index (χ2v) is 6.71. The Bertz CT molecular complexity index is 755. The molecule has 136 valence electrons. The van der Waals surface area contributed by atoms with Crippen LogP contribution in [0.25, 0.3) is 0 Å². The predicted molar refractivity (Wildman–Crippen MR) is 105 cm³/mol. The molecule has 0 atom stereocenters. The average molecular weight is 350 g/mol. The molecule has 3 nitrogen and oxygen atoms in total. The Balaban J connectivity index is 1.81. The van der Waals surface area contributed by atoms with Gasteiger partial charge in [0, 0.05) is 17.7 Å². The zero-order chi connectivity index (χ0) is 18.8. The quantitative estimate of drug-likeness (QED) is 0.386. The molecule has 0 N–H and O–H groups in total. The van der Waals surface area contributed by atoms with Gasteiger partial charge in [0.25, 0.3) is 0 Å². The molecule has 2 rings (SSSR count). The fourth-order valence-corrected chi connectivity index (χ4v) is 2.53. The molecule has 0 saturated heterocycles. The van der Waals surface area contributed by atoms with Crippen molar-refractivity contribution >= 4 is 5.97 Å². The van der Waals surface area contributed by atoms with Gasteiger partial charge < -0.3 is 4.74 Å². The van der Waals surface area contributed by atoms with Crippen molar-refractivity contribution in [3.8, 4) is 0 Å². The summed E-state index contributed by atoms with van der Waals surface area (Å²) in [6.07, 6.45) is 10.3. The molecule has 0 radical (unpaired) electrons. The lowest BCUT2D eigenvalue weighted by Gasteiger charge is -2.04. The second-order valence-electron chi connectivity index (χ2n) is 6.71. The van der Waals surface area contributed by atoms with Crippen molar-refractivity contribution in [1.29, 1.82) is 0 Å². The van der Waals surface area contributed by atoms with Gasteiger partial charge in [0.2, 0.25) is 0 Å². The lowest BCUT2D eigenvalue weighted by atomic mass is 10.1. The van der Waals surface area contributed by atoms with Gasteiger partial charge in [-0.1, -0.05) is 35.4 Å². The van der Waals surface area contributed by atoms with Gasteiger partial charge >= 0.3 is 5.97 Å². The first kappa shape index (κ1) is 19.6. The molecule has 0 amide bonds. The van der Waals surface area contributed by atoms with Crippen LogP contribution in [0.2, 0.25) is 0 Å². The van der Waals surface area contributed by atoms with Gasteiger partial charge in [-0.2, -0.15) is 0 Å². The molecule has 0 spiro atoms. The number of aromatic nitrogens is 1. The number of hydrogen-bond acceptors (Lipinski definition) is 2. The Labute approximate surface area is 156 Å². The largest absolute Gasteiger partial charge is 0.458 e. The molecule has 0 aliphatic carbocycles. The minimum atomic E-state index is -0.280. The third kappa shape index (κ3) is 7.06. The predicted octanol–water partition coefficient (Wildman–Crippen LogP) is 4.87. The molecular formula is C23H28NO2+. The summed E-state index contributed by atoms with van der Waals surface area (Å²) in [6, 6.07) is 13.6. The number of esters is 1. The van der Waals surface area contributed by atoms with Crippen LogP contribution in [0.4, 0.5) is 0 Å². The number of carbonyl (C=O) groups excluding carboxylic acids is 1. The zero-order valence-corrected chi connectivity index (χ0v) is 15.9. The van der Waals surface area contributed by atoms with Crippen LogP contribution in [0.1, 0.15) is 49.5 Å². The fourth-order valence-electron chi connectivity index (χ4n) is 2.53. The normalized spacial score (nSPS) is 11.1. The summed E-state index contributed by atoms with van der Waals surface area (Å²) in [7, 11) is 0. The summed E-state index contributed by atoms with van der Waals surface area (Å²) in [4.78, 5) is 12.1. The Hall–Kier alpha value is -2.68. The van der Waals surface area contributed by atoms with Crippen molar-refractivity contribution in [1.82, 2.24) is 0 Å². The van der Waals surface area contributed by atoms with Crippen LogP contribution >= 0.6 is 0 Å². The van der Waals surface area contributed by atoms with Gasteiger partial charge in [0.1, 0.15) is 6.61 Å².